The number of rotatable bonds is 5. The van der Waals surface area contributed by atoms with Crippen molar-refractivity contribution in [3.8, 4) is 0 Å². The molecule has 0 radical (unpaired) electrons. The Kier molecular flexibility index (Phi) is 3.72. The van der Waals surface area contributed by atoms with Crippen molar-refractivity contribution in [2.45, 2.75) is 6.42 Å². The molecule has 2 N–H and O–H groups in total. The monoisotopic (exact) mass is 233 g/mol. The molecule has 1 aromatic rings. The molecule has 0 bridgehead atoms. The summed E-state index contributed by atoms with van der Waals surface area (Å²) in [6, 6.07) is 0. The summed E-state index contributed by atoms with van der Waals surface area (Å²) in [4.78, 5) is 11.2. The highest BCUT2D eigenvalue weighted by molar-refractivity contribution is 7.90. The molecule has 0 aliphatic carbocycles. The number of hydrogen-bond donors (Lipinski definition) is 2. The van der Waals surface area contributed by atoms with Gasteiger partial charge in [-0.2, -0.15) is 5.21 Å². The van der Waals surface area contributed by atoms with E-state index in [1.807, 2.05) is 0 Å². The fourth-order valence-corrected chi connectivity index (χ4v) is 1.54. The third-order valence-electron chi connectivity index (χ3n) is 1.53. The van der Waals surface area contributed by atoms with E-state index in [0.29, 0.717) is 6.42 Å². The maximum absolute atomic E-state index is 11.2. The van der Waals surface area contributed by atoms with Gasteiger partial charge in [-0.05, 0) is 11.6 Å². The molecule has 0 aliphatic heterocycles. The van der Waals surface area contributed by atoms with E-state index in [1.165, 1.54) is 0 Å². The highest BCUT2D eigenvalue weighted by Crippen LogP contribution is 1.88. The second-order valence-electron chi connectivity index (χ2n) is 2.97. The van der Waals surface area contributed by atoms with Gasteiger partial charge in [-0.15, -0.1) is 10.2 Å². The molecule has 0 saturated heterocycles. The van der Waals surface area contributed by atoms with Gasteiger partial charge in [0, 0.05) is 12.8 Å². The third-order valence-corrected chi connectivity index (χ3v) is 2.56. The number of amides is 1. The summed E-state index contributed by atoms with van der Waals surface area (Å²) in [5, 5.41) is 14.8. The van der Waals surface area contributed by atoms with Crippen molar-refractivity contribution in [1.29, 1.82) is 0 Å². The van der Waals surface area contributed by atoms with Crippen molar-refractivity contribution in [1.82, 2.24) is 25.9 Å². The quantitative estimate of drug-likeness (QED) is 0.589. The molecule has 84 valence electrons. The van der Waals surface area contributed by atoms with Crippen LogP contribution in [0.5, 0.6) is 0 Å². The van der Waals surface area contributed by atoms with E-state index in [1.54, 1.807) is 0 Å². The lowest BCUT2D eigenvalue weighted by atomic mass is 10.4. The maximum Gasteiger partial charge on any atom is 0.292 e. The van der Waals surface area contributed by atoms with Crippen molar-refractivity contribution in [3.05, 3.63) is 5.82 Å². The predicted octanol–water partition coefficient (Wildman–Crippen LogP) is -1.64. The highest BCUT2D eigenvalue weighted by Gasteiger charge is 2.09. The minimum absolute atomic E-state index is 0.0412. The summed E-state index contributed by atoms with van der Waals surface area (Å²) in [6.07, 6.45) is 1.51. The molecule has 0 spiro atoms. The van der Waals surface area contributed by atoms with Crippen LogP contribution in [0.3, 0.4) is 0 Å². The van der Waals surface area contributed by atoms with Gasteiger partial charge < -0.3 is 5.32 Å². The first kappa shape index (κ1) is 11.6. The maximum atomic E-state index is 11.2. The SMILES string of the molecule is CS(=O)(=O)CCCNC(=O)c1nn[nH]n1. The fourth-order valence-electron chi connectivity index (χ4n) is 0.873. The minimum atomic E-state index is -2.98. The Morgan fingerprint density at radius 3 is 2.80 bits per heavy atom. The first-order valence-corrected chi connectivity index (χ1v) is 6.24. The Bertz CT molecular complexity index is 412. The minimum Gasteiger partial charge on any atom is -0.349 e. The molecule has 1 rings (SSSR count). The number of H-pyrrole nitrogens is 1. The second-order valence-corrected chi connectivity index (χ2v) is 5.23. The van der Waals surface area contributed by atoms with Crippen molar-refractivity contribution >= 4 is 15.7 Å². The number of sulfone groups is 1. The van der Waals surface area contributed by atoms with E-state index in [4.69, 9.17) is 0 Å². The van der Waals surface area contributed by atoms with Crippen molar-refractivity contribution in [3.63, 3.8) is 0 Å². The standard InChI is InChI=1S/C6H11N5O3S/c1-15(13,14)4-2-3-7-6(12)5-8-10-11-9-5/h2-4H2,1H3,(H,7,12)(H,8,9,10,11). The van der Waals surface area contributed by atoms with E-state index >= 15 is 0 Å². The molecule has 9 heteroatoms. The molecule has 1 heterocycles. The van der Waals surface area contributed by atoms with Crippen LogP contribution in [0.15, 0.2) is 0 Å². The lowest BCUT2D eigenvalue weighted by molar-refractivity contribution is 0.0943. The molecule has 0 atom stereocenters. The molecule has 0 aliphatic rings. The molecule has 0 aromatic carbocycles. The van der Waals surface area contributed by atoms with Gasteiger partial charge in [0.05, 0.1) is 5.75 Å². The van der Waals surface area contributed by atoms with Gasteiger partial charge in [0.15, 0.2) is 0 Å². The van der Waals surface area contributed by atoms with Gasteiger partial charge in [0.1, 0.15) is 9.84 Å². The van der Waals surface area contributed by atoms with Crippen LogP contribution in [-0.4, -0.2) is 53.5 Å². The summed E-state index contributed by atoms with van der Waals surface area (Å²) in [5.74, 6) is -0.494. The van der Waals surface area contributed by atoms with E-state index < -0.39 is 15.7 Å². The van der Waals surface area contributed by atoms with Gasteiger partial charge in [-0.25, -0.2) is 8.42 Å². The van der Waals surface area contributed by atoms with Gasteiger partial charge in [-0.1, -0.05) is 0 Å². The molecule has 1 aromatic heterocycles. The molecule has 0 saturated carbocycles. The van der Waals surface area contributed by atoms with Crippen LogP contribution in [-0.2, 0) is 9.84 Å². The molecule has 0 unspecified atom stereocenters. The van der Waals surface area contributed by atoms with Crippen molar-refractivity contribution in [2.24, 2.45) is 0 Å². The lowest BCUT2D eigenvalue weighted by Crippen LogP contribution is -2.26. The first-order chi connectivity index (χ1) is 6.99. The smallest absolute Gasteiger partial charge is 0.292 e. The molecule has 8 nitrogen and oxygen atoms in total. The topological polar surface area (TPSA) is 118 Å². The Hall–Kier alpha value is -1.51. The number of carbonyl (C=O) groups is 1. The number of aromatic amines is 1. The summed E-state index contributed by atoms with van der Waals surface area (Å²) in [5.41, 5.74) is 0. The Morgan fingerprint density at radius 1 is 1.53 bits per heavy atom. The summed E-state index contributed by atoms with van der Waals surface area (Å²) in [7, 11) is -2.98. The molecule has 15 heavy (non-hydrogen) atoms. The van der Waals surface area contributed by atoms with E-state index in [9.17, 15) is 13.2 Å². The third kappa shape index (κ3) is 4.49. The summed E-state index contributed by atoms with van der Waals surface area (Å²) in [6.45, 7) is 0.264. The Balaban J connectivity index is 2.24. The number of nitrogens with one attached hydrogen (secondary N) is 2. The van der Waals surface area contributed by atoms with Gasteiger partial charge in [0.2, 0.25) is 0 Å². The van der Waals surface area contributed by atoms with Gasteiger partial charge >= 0.3 is 0 Å². The zero-order valence-corrected chi connectivity index (χ0v) is 8.91. The van der Waals surface area contributed by atoms with E-state index in [0.717, 1.165) is 6.26 Å². The van der Waals surface area contributed by atoms with Crippen molar-refractivity contribution < 1.29 is 13.2 Å². The normalized spacial score (nSPS) is 11.3. The average Bonchev–Trinajstić information content (AvgIpc) is 2.63. The summed E-state index contributed by atoms with van der Waals surface area (Å²) >= 11 is 0. The van der Waals surface area contributed by atoms with Crippen LogP contribution in [0.4, 0.5) is 0 Å². The average molecular weight is 233 g/mol. The number of carbonyl (C=O) groups excluding carboxylic acids is 1. The number of tetrazole rings is 1. The summed E-state index contributed by atoms with van der Waals surface area (Å²) < 4.78 is 21.5. The van der Waals surface area contributed by atoms with Crippen LogP contribution >= 0.6 is 0 Å². The Labute approximate surface area is 86.4 Å². The van der Waals surface area contributed by atoms with Crippen LogP contribution < -0.4 is 5.32 Å². The van der Waals surface area contributed by atoms with Crippen LogP contribution in [0.25, 0.3) is 0 Å². The molecule has 0 fully saturated rings. The molecular formula is C6H11N5O3S. The van der Waals surface area contributed by atoms with E-state index in [-0.39, 0.29) is 18.1 Å². The van der Waals surface area contributed by atoms with Crippen LogP contribution in [0.1, 0.15) is 17.0 Å². The predicted molar refractivity (Wildman–Crippen MR) is 50.8 cm³/mol. The number of aromatic nitrogens is 4. The number of nitrogens with zero attached hydrogens (tertiary/aromatic N) is 3. The van der Waals surface area contributed by atoms with Crippen LogP contribution in [0, 0.1) is 0 Å². The second kappa shape index (κ2) is 4.82. The zero-order valence-electron chi connectivity index (χ0n) is 8.10. The molecular weight excluding hydrogens is 222 g/mol. The van der Waals surface area contributed by atoms with E-state index in [2.05, 4.69) is 25.9 Å². The largest absolute Gasteiger partial charge is 0.349 e. The zero-order chi connectivity index (χ0) is 11.3. The fraction of sp³-hybridized carbons (Fsp3) is 0.667. The highest BCUT2D eigenvalue weighted by atomic mass is 32.2. The van der Waals surface area contributed by atoms with Gasteiger partial charge in [0.25, 0.3) is 11.7 Å². The molecule has 1 amide bonds. The first-order valence-electron chi connectivity index (χ1n) is 4.18. The lowest BCUT2D eigenvalue weighted by Gasteiger charge is -2.00. The Morgan fingerprint density at radius 2 is 2.27 bits per heavy atom. The van der Waals surface area contributed by atoms with Gasteiger partial charge in [-0.3, -0.25) is 4.79 Å². The van der Waals surface area contributed by atoms with Crippen LogP contribution in [0.2, 0.25) is 0 Å². The van der Waals surface area contributed by atoms with Crippen molar-refractivity contribution in [2.75, 3.05) is 18.6 Å². The number of hydrogen-bond acceptors (Lipinski definition) is 6.